The Kier molecular flexibility index (Phi) is 7.47. The van der Waals surface area contributed by atoms with E-state index >= 15 is 0 Å². The van der Waals surface area contributed by atoms with Crippen LogP contribution in [-0.2, 0) is 25.2 Å². The van der Waals surface area contributed by atoms with Crippen molar-refractivity contribution < 1.29 is 26.3 Å². The number of halogens is 7. The summed E-state index contributed by atoms with van der Waals surface area (Å²) in [7, 11) is 0. The van der Waals surface area contributed by atoms with E-state index in [1.807, 2.05) is 4.90 Å². The number of pyridine rings is 1. The van der Waals surface area contributed by atoms with E-state index in [4.69, 9.17) is 21.6 Å². The van der Waals surface area contributed by atoms with Crippen molar-refractivity contribution in [3.8, 4) is 0 Å². The lowest BCUT2D eigenvalue weighted by atomic mass is 10.1. The van der Waals surface area contributed by atoms with Crippen LogP contribution in [0, 0.1) is 0 Å². The number of anilines is 4. The van der Waals surface area contributed by atoms with E-state index < -0.39 is 28.5 Å². The molecule has 0 saturated carbocycles. The molecule has 4 heterocycles. The first-order chi connectivity index (χ1) is 18.5. The molecule has 0 unspecified atom stereocenters. The molecular formula is C25H24ClF6N7. The summed E-state index contributed by atoms with van der Waals surface area (Å²) in [6.07, 6.45) is -7.21. The minimum Gasteiger partial charge on any atom is -0.355 e. The largest absolute Gasteiger partial charge is 0.419 e. The van der Waals surface area contributed by atoms with Gasteiger partial charge in [-0.25, -0.2) is 9.97 Å². The number of hydrogen-bond donors (Lipinski definition) is 2. The zero-order valence-corrected chi connectivity index (χ0v) is 21.3. The molecule has 1 aromatic carbocycles. The van der Waals surface area contributed by atoms with Crippen LogP contribution in [0.3, 0.4) is 0 Å². The highest BCUT2D eigenvalue weighted by Crippen LogP contribution is 2.38. The van der Waals surface area contributed by atoms with Gasteiger partial charge in [0.2, 0.25) is 5.95 Å². The standard InChI is InChI=1S/C25H24ClF6N7/c26-19-14-15(3-4-17(19)24(27,28)29)35-21-16-5-10-38(22-18(25(30,31)32)2-1-7-34-22)11-6-20(16)36-23(37-21)39-12-8-33-9-13-39/h1-4,7,14,33H,5-6,8-13H2,(H,35,36,37). The minimum absolute atomic E-state index is 0.155. The molecule has 0 amide bonds. The number of alkyl halides is 6. The fourth-order valence-electron chi connectivity index (χ4n) is 4.74. The molecule has 0 bridgehead atoms. The Morgan fingerprint density at radius 2 is 1.56 bits per heavy atom. The summed E-state index contributed by atoms with van der Waals surface area (Å²) in [5, 5.41) is 5.88. The van der Waals surface area contributed by atoms with E-state index in [1.165, 1.54) is 24.4 Å². The molecule has 2 aromatic heterocycles. The Bertz CT molecular complexity index is 1340. The number of nitrogens with zero attached hydrogens (tertiary/aromatic N) is 5. The molecule has 208 valence electrons. The first-order valence-corrected chi connectivity index (χ1v) is 12.6. The second-order valence-electron chi connectivity index (χ2n) is 9.21. The maximum absolute atomic E-state index is 13.7. The third-order valence-electron chi connectivity index (χ3n) is 6.66. The number of rotatable bonds is 4. The van der Waals surface area contributed by atoms with Gasteiger partial charge in [-0.15, -0.1) is 0 Å². The molecule has 3 aromatic rings. The summed E-state index contributed by atoms with van der Waals surface area (Å²) < 4.78 is 80.6. The summed E-state index contributed by atoms with van der Waals surface area (Å²) in [5.74, 6) is 0.665. The van der Waals surface area contributed by atoms with Crippen molar-refractivity contribution in [3.63, 3.8) is 0 Å². The third kappa shape index (κ3) is 5.98. The van der Waals surface area contributed by atoms with Crippen LogP contribution in [0.25, 0.3) is 0 Å². The maximum Gasteiger partial charge on any atom is 0.419 e. The Labute approximate surface area is 225 Å². The summed E-state index contributed by atoms with van der Waals surface area (Å²) in [5.41, 5.74) is -0.140. The summed E-state index contributed by atoms with van der Waals surface area (Å²) in [6.45, 7) is 3.22. The predicted octanol–water partition coefficient (Wildman–Crippen LogP) is 5.32. The van der Waals surface area contributed by atoms with Crippen LogP contribution in [0.15, 0.2) is 36.5 Å². The molecule has 2 aliphatic rings. The van der Waals surface area contributed by atoms with Gasteiger partial charge >= 0.3 is 12.4 Å². The predicted molar refractivity (Wildman–Crippen MR) is 136 cm³/mol. The van der Waals surface area contributed by atoms with Crippen molar-refractivity contribution in [3.05, 3.63) is 63.9 Å². The Morgan fingerprint density at radius 1 is 0.846 bits per heavy atom. The maximum atomic E-state index is 13.7. The molecule has 1 fully saturated rings. The lowest BCUT2D eigenvalue weighted by Gasteiger charge is -2.28. The molecule has 0 atom stereocenters. The normalized spacial score (nSPS) is 16.6. The van der Waals surface area contributed by atoms with Crippen molar-refractivity contribution in [1.82, 2.24) is 20.3 Å². The van der Waals surface area contributed by atoms with Crippen molar-refractivity contribution in [2.75, 3.05) is 54.4 Å². The average molecular weight is 572 g/mol. The average Bonchev–Trinajstić information content (AvgIpc) is 3.11. The second-order valence-corrected chi connectivity index (χ2v) is 9.62. The third-order valence-corrected chi connectivity index (χ3v) is 6.97. The van der Waals surface area contributed by atoms with Crippen molar-refractivity contribution >= 4 is 34.9 Å². The molecule has 0 spiro atoms. The number of hydrogen-bond acceptors (Lipinski definition) is 7. The van der Waals surface area contributed by atoms with E-state index in [9.17, 15) is 26.3 Å². The fourth-order valence-corrected chi connectivity index (χ4v) is 5.03. The monoisotopic (exact) mass is 571 g/mol. The highest BCUT2D eigenvalue weighted by Gasteiger charge is 2.36. The van der Waals surface area contributed by atoms with Gasteiger partial charge in [-0.1, -0.05) is 11.6 Å². The molecule has 2 N–H and O–H groups in total. The number of fused-ring (bicyclic) bond motifs is 1. The smallest absolute Gasteiger partial charge is 0.355 e. The van der Waals surface area contributed by atoms with Gasteiger partial charge in [-0.05, 0) is 36.8 Å². The van der Waals surface area contributed by atoms with Gasteiger partial charge < -0.3 is 20.4 Å². The molecular weight excluding hydrogens is 548 g/mol. The first kappa shape index (κ1) is 27.3. The van der Waals surface area contributed by atoms with Gasteiger partial charge in [0.15, 0.2) is 0 Å². The molecule has 0 radical (unpaired) electrons. The minimum atomic E-state index is -4.60. The molecule has 7 nitrogen and oxygen atoms in total. The van der Waals surface area contributed by atoms with Crippen LogP contribution in [0.5, 0.6) is 0 Å². The van der Waals surface area contributed by atoms with Gasteiger partial charge in [0.25, 0.3) is 0 Å². The van der Waals surface area contributed by atoms with Crippen LogP contribution < -0.4 is 20.4 Å². The van der Waals surface area contributed by atoms with Crippen LogP contribution in [0.1, 0.15) is 22.4 Å². The Morgan fingerprint density at radius 3 is 2.26 bits per heavy atom. The van der Waals surface area contributed by atoms with E-state index in [2.05, 4.69) is 15.6 Å². The molecule has 14 heteroatoms. The Hall–Kier alpha value is -3.32. The van der Waals surface area contributed by atoms with Gasteiger partial charge in [-0.2, -0.15) is 31.3 Å². The highest BCUT2D eigenvalue weighted by atomic mass is 35.5. The zero-order chi connectivity index (χ0) is 27.8. The lowest BCUT2D eigenvalue weighted by Crippen LogP contribution is -2.44. The number of piperazine rings is 1. The molecule has 2 aliphatic heterocycles. The van der Waals surface area contributed by atoms with E-state index in [1.54, 1.807) is 4.90 Å². The summed E-state index contributed by atoms with van der Waals surface area (Å²) >= 11 is 5.93. The van der Waals surface area contributed by atoms with Crippen LogP contribution in [0.4, 0.5) is 49.6 Å². The van der Waals surface area contributed by atoms with Gasteiger partial charge in [0.1, 0.15) is 11.6 Å². The first-order valence-electron chi connectivity index (χ1n) is 12.3. The lowest BCUT2D eigenvalue weighted by molar-refractivity contribution is -0.138. The second kappa shape index (κ2) is 10.7. The molecule has 0 aliphatic carbocycles. The van der Waals surface area contributed by atoms with Crippen molar-refractivity contribution in [2.45, 2.75) is 25.2 Å². The fraction of sp³-hybridized carbons (Fsp3) is 0.400. The highest BCUT2D eigenvalue weighted by molar-refractivity contribution is 6.31. The number of nitrogens with one attached hydrogen (secondary N) is 2. The quantitative estimate of drug-likeness (QED) is 0.411. The molecule has 1 saturated heterocycles. The van der Waals surface area contributed by atoms with E-state index in [0.29, 0.717) is 54.6 Å². The van der Waals surface area contributed by atoms with E-state index in [0.717, 1.165) is 25.2 Å². The van der Waals surface area contributed by atoms with Crippen LogP contribution in [-0.4, -0.2) is 54.2 Å². The van der Waals surface area contributed by atoms with Gasteiger partial charge in [-0.3, -0.25) is 0 Å². The van der Waals surface area contributed by atoms with Crippen molar-refractivity contribution in [1.29, 1.82) is 0 Å². The topological polar surface area (TPSA) is 69.2 Å². The van der Waals surface area contributed by atoms with Crippen molar-refractivity contribution in [2.24, 2.45) is 0 Å². The van der Waals surface area contributed by atoms with Crippen LogP contribution in [0.2, 0.25) is 5.02 Å². The Balaban J connectivity index is 1.50. The van der Waals surface area contributed by atoms with Gasteiger partial charge in [0, 0.05) is 63.1 Å². The SMILES string of the molecule is FC(F)(F)c1ccc(Nc2nc(N3CCNCC3)nc3c2CCN(c2ncccc2C(F)(F)F)CC3)cc1Cl. The number of aromatic nitrogens is 3. The summed E-state index contributed by atoms with van der Waals surface area (Å²) in [6, 6.07) is 5.59. The van der Waals surface area contributed by atoms with Crippen LogP contribution >= 0.6 is 11.6 Å². The van der Waals surface area contributed by atoms with Gasteiger partial charge in [0.05, 0.1) is 21.8 Å². The summed E-state index contributed by atoms with van der Waals surface area (Å²) in [4.78, 5) is 17.1. The number of benzene rings is 1. The van der Waals surface area contributed by atoms with E-state index in [-0.39, 0.29) is 18.9 Å². The molecule has 39 heavy (non-hydrogen) atoms. The zero-order valence-electron chi connectivity index (χ0n) is 20.5. The molecule has 5 rings (SSSR count).